The average molecular weight is 467 g/mol. The highest BCUT2D eigenvalue weighted by molar-refractivity contribution is 6.31. The van der Waals surface area contributed by atoms with Crippen LogP contribution in [0, 0.1) is 0 Å². The third kappa shape index (κ3) is 4.81. The van der Waals surface area contributed by atoms with Crippen LogP contribution in [0.15, 0.2) is 30.7 Å². The second-order valence-corrected chi connectivity index (χ2v) is 6.92. The van der Waals surface area contributed by atoms with Gasteiger partial charge in [0.25, 0.3) is 5.91 Å². The van der Waals surface area contributed by atoms with Crippen LogP contribution in [0.2, 0.25) is 5.02 Å². The summed E-state index contributed by atoms with van der Waals surface area (Å²) < 4.78 is 80.5. The number of hydrogen-bond donors (Lipinski definition) is 1. The fourth-order valence-corrected chi connectivity index (χ4v) is 3.03. The van der Waals surface area contributed by atoms with Gasteiger partial charge < -0.3 is 5.32 Å². The van der Waals surface area contributed by atoms with Crippen molar-refractivity contribution in [1.29, 1.82) is 0 Å². The Labute approximate surface area is 175 Å². The van der Waals surface area contributed by atoms with Gasteiger partial charge in [-0.05, 0) is 25.1 Å². The van der Waals surface area contributed by atoms with Gasteiger partial charge in [0.15, 0.2) is 11.5 Å². The Morgan fingerprint density at radius 3 is 2.42 bits per heavy atom. The van der Waals surface area contributed by atoms with Gasteiger partial charge in [-0.25, -0.2) is 9.67 Å². The summed E-state index contributed by atoms with van der Waals surface area (Å²) in [6.07, 6.45) is -7.45. The van der Waals surface area contributed by atoms with Crippen molar-refractivity contribution in [3.8, 4) is 5.69 Å². The van der Waals surface area contributed by atoms with E-state index in [1.54, 1.807) is 0 Å². The van der Waals surface area contributed by atoms with E-state index in [1.165, 1.54) is 14.0 Å². The summed E-state index contributed by atoms with van der Waals surface area (Å²) in [5.74, 6) is -1.03. The van der Waals surface area contributed by atoms with Crippen LogP contribution in [0.5, 0.6) is 0 Å². The molecular weight excluding hydrogens is 454 g/mol. The van der Waals surface area contributed by atoms with Crippen molar-refractivity contribution in [2.45, 2.75) is 25.3 Å². The summed E-state index contributed by atoms with van der Waals surface area (Å²) in [4.78, 5) is 16.3. The van der Waals surface area contributed by atoms with Crippen LogP contribution in [0.3, 0.4) is 0 Å². The second kappa shape index (κ2) is 7.87. The van der Waals surface area contributed by atoms with Crippen molar-refractivity contribution in [2.24, 2.45) is 7.05 Å². The molecule has 1 N–H and O–H groups in total. The van der Waals surface area contributed by atoms with Gasteiger partial charge in [-0.3, -0.25) is 9.48 Å². The summed E-state index contributed by atoms with van der Waals surface area (Å²) in [5, 5.41) is 9.23. The van der Waals surface area contributed by atoms with Crippen molar-refractivity contribution in [3.63, 3.8) is 0 Å². The van der Waals surface area contributed by atoms with Gasteiger partial charge in [-0.1, -0.05) is 11.6 Å². The molecule has 7 nitrogen and oxygen atoms in total. The first kappa shape index (κ1) is 22.6. The van der Waals surface area contributed by atoms with Gasteiger partial charge in [-0.2, -0.15) is 36.5 Å². The minimum atomic E-state index is -4.78. The number of aromatic nitrogens is 5. The summed E-state index contributed by atoms with van der Waals surface area (Å²) >= 11 is 5.68. The number of carbonyl (C=O) groups is 1. The first-order valence-corrected chi connectivity index (χ1v) is 8.85. The van der Waals surface area contributed by atoms with E-state index < -0.39 is 41.2 Å². The van der Waals surface area contributed by atoms with Gasteiger partial charge in [0.2, 0.25) is 0 Å². The molecule has 0 fully saturated rings. The Morgan fingerprint density at radius 2 is 1.81 bits per heavy atom. The lowest BCUT2D eigenvalue weighted by atomic mass is 10.1. The molecule has 166 valence electrons. The van der Waals surface area contributed by atoms with E-state index in [9.17, 15) is 31.1 Å². The van der Waals surface area contributed by atoms with Crippen molar-refractivity contribution in [1.82, 2.24) is 29.9 Å². The van der Waals surface area contributed by atoms with Crippen LogP contribution < -0.4 is 5.32 Å². The molecule has 14 heteroatoms. The van der Waals surface area contributed by atoms with E-state index in [0.717, 1.165) is 28.0 Å². The van der Waals surface area contributed by atoms with Crippen LogP contribution in [-0.2, 0) is 19.4 Å². The quantitative estimate of drug-likeness (QED) is 0.585. The first-order chi connectivity index (χ1) is 14.3. The van der Waals surface area contributed by atoms with Crippen LogP contribution >= 0.6 is 11.6 Å². The molecule has 0 bridgehead atoms. The molecule has 0 saturated carbocycles. The maximum Gasteiger partial charge on any atom is 0.437 e. The number of rotatable bonds is 4. The van der Waals surface area contributed by atoms with Gasteiger partial charge >= 0.3 is 12.4 Å². The molecule has 0 spiro atoms. The minimum absolute atomic E-state index is 0.0927. The van der Waals surface area contributed by atoms with E-state index in [-0.39, 0.29) is 16.4 Å². The molecule has 1 atom stereocenters. The molecule has 1 amide bonds. The second-order valence-electron chi connectivity index (χ2n) is 6.49. The number of aryl methyl sites for hydroxylation is 1. The van der Waals surface area contributed by atoms with E-state index in [2.05, 4.69) is 20.5 Å². The molecule has 2 heterocycles. The molecule has 0 aliphatic heterocycles. The molecule has 3 aromatic rings. The van der Waals surface area contributed by atoms with Crippen LogP contribution in [0.25, 0.3) is 5.69 Å². The van der Waals surface area contributed by atoms with E-state index in [4.69, 9.17) is 11.6 Å². The van der Waals surface area contributed by atoms with Crippen LogP contribution in [0.4, 0.5) is 26.3 Å². The number of halogens is 7. The van der Waals surface area contributed by atoms with Crippen molar-refractivity contribution >= 4 is 17.5 Å². The third-order valence-corrected chi connectivity index (χ3v) is 4.32. The molecule has 0 aliphatic rings. The van der Waals surface area contributed by atoms with E-state index in [0.29, 0.717) is 12.1 Å². The molecule has 0 aliphatic carbocycles. The highest BCUT2D eigenvalue weighted by Gasteiger charge is 2.39. The number of nitrogens with zero attached hydrogens (tertiary/aromatic N) is 5. The Bertz CT molecular complexity index is 1120. The molecule has 31 heavy (non-hydrogen) atoms. The lowest BCUT2D eigenvalue weighted by Crippen LogP contribution is -2.29. The highest BCUT2D eigenvalue weighted by Crippen LogP contribution is 2.34. The minimum Gasteiger partial charge on any atom is -0.342 e. The van der Waals surface area contributed by atoms with Gasteiger partial charge in [0.1, 0.15) is 12.0 Å². The molecule has 0 unspecified atom stereocenters. The largest absolute Gasteiger partial charge is 0.437 e. The number of alkyl halides is 6. The summed E-state index contributed by atoms with van der Waals surface area (Å²) in [7, 11) is 1.29. The zero-order valence-electron chi connectivity index (χ0n) is 15.8. The average Bonchev–Trinajstić information content (AvgIpc) is 3.26. The number of benzene rings is 1. The molecular formula is C17H13ClF6N6O. The Kier molecular flexibility index (Phi) is 5.74. The van der Waals surface area contributed by atoms with Gasteiger partial charge in [0.05, 0.1) is 17.8 Å². The maximum atomic E-state index is 13.3. The summed E-state index contributed by atoms with van der Waals surface area (Å²) in [6.45, 7) is 1.39. The van der Waals surface area contributed by atoms with Gasteiger partial charge in [0, 0.05) is 17.6 Å². The predicted octanol–water partition coefficient (Wildman–Crippen LogP) is 4.18. The van der Waals surface area contributed by atoms with E-state index >= 15 is 0 Å². The molecule has 2 aromatic heterocycles. The van der Waals surface area contributed by atoms with Crippen LogP contribution in [0.1, 0.15) is 40.4 Å². The number of hydrogen-bond acceptors (Lipinski definition) is 4. The van der Waals surface area contributed by atoms with E-state index in [1.807, 2.05) is 0 Å². The first-order valence-electron chi connectivity index (χ1n) is 8.47. The summed E-state index contributed by atoms with van der Waals surface area (Å²) in [5.41, 5.74) is -3.14. The van der Waals surface area contributed by atoms with Crippen molar-refractivity contribution in [2.75, 3.05) is 0 Å². The lowest BCUT2D eigenvalue weighted by Gasteiger charge is -2.16. The van der Waals surface area contributed by atoms with Gasteiger partial charge in [-0.15, -0.1) is 0 Å². The Hall–Kier alpha value is -3.09. The van der Waals surface area contributed by atoms with Crippen molar-refractivity contribution < 1.29 is 31.1 Å². The number of nitrogens with one attached hydrogen (secondary N) is 1. The molecule has 1 aromatic carbocycles. The maximum absolute atomic E-state index is 13.3. The van der Waals surface area contributed by atoms with Crippen LogP contribution in [-0.4, -0.2) is 30.5 Å². The third-order valence-electron chi connectivity index (χ3n) is 4.10. The summed E-state index contributed by atoms with van der Waals surface area (Å²) in [6, 6.07) is 1.29. The zero-order chi connectivity index (χ0) is 23.1. The van der Waals surface area contributed by atoms with Crippen molar-refractivity contribution in [3.05, 3.63) is 58.4 Å². The standard InChI is InChI=1S/C17H13ClF6N6O/c1-8(27-15(31)9-3-10(16(19,20)21)5-11(18)4-9)14-25-7-26-30(14)12-6-29(2)28-13(12)17(22,23)24/h3-8H,1-2H3,(H,27,31)/t8-/m0/s1. The number of amides is 1. The molecule has 3 rings (SSSR count). The predicted molar refractivity (Wildman–Crippen MR) is 95.5 cm³/mol. The normalized spacial score (nSPS) is 13.3. The smallest absolute Gasteiger partial charge is 0.342 e. The zero-order valence-corrected chi connectivity index (χ0v) is 16.5. The monoisotopic (exact) mass is 466 g/mol. The fraction of sp³-hybridized carbons (Fsp3) is 0.294. The molecule has 0 radical (unpaired) electrons. The molecule has 0 saturated heterocycles. The highest BCUT2D eigenvalue weighted by atomic mass is 35.5. The Balaban J connectivity index is 1.91. The SMILES string of the molecule is C[C@H](NC(=O)c1cc(Cl)cc(C(F)(F)F)c1)c1ncnn1-c1cn(C)nc1C(F)(F)F. The Morgan fingerprint density at radius 1 is 1.13 bits per heavy atom. The topological polar surface area (TPSA) is 77.6 Å². The fourth-order valence-electron chi connectivity index (χ4n) is 2.79. The lowest BCUT2D eigenvalue weighted by molar-refractivity contribution is -0.141. The number of carbonyl (C=O) groups excluding carboxylic acids is 1.